The molecule has 1 aliphatic heterocycles. The maximum absolute atomic E-state index is 13.0. The van der Waals surface area contributed by atoms with Gasteiger partial charge in [0.2, 0.25) is 5.91 Å². The molecule has 25 heavy (non-hydrogen) atoms. The zero-order valence-corrected chi connectivity index (χ0v) is 14.7. The maximum atomic E-state index is 13.0. The molecule has 1 saturated heterocycles. The van der Waals surface area contributed by atoms with Gasteiger partial charge in [0, 0.05) is 44.1 Å². The van der Waals surface area contributed by atoms with E-state index in [0.717, 1.165) is 5.56 Å². The Morgan fingerprint density at radius 3 is 2.04 bits per heavy atom. The molecule has 5 heteroatoms. The summed E-state index contributed by atoms with van der Waals surface area (Å²) in [7, 11) is 0. The van der Waals surface area contributed by atoms with Gasteiger partial charge in [0.1, 0.15) is 0 Å². The lowest BCUT2D eigenvalue weighted by Crippen LogP contribution is -2.54. The third-order valence-electron chi connectivity index (χ3n) is 4.81. The monoisotopic (exact) mass is 337 g/mol. The molecule has 0 atom stereocenters. The normalized spacial score (nSPS) is 15.1. The fraction of sp³-hybridized carbons (Fsp3) is 0.350. The van der Waals surface area contributed by atoms with Crippen LogP contribution in [0.1, 0.15) is 29.8 Å². The first-order valence-corrected chi connectivity index (χ1v) is 8.54. The van der Waals surface area contributed by atoms with Crippen molar-refractivity contribution in [1.82, 2.24) is 14.8 Å². The van der Waals surface area contributed by atoms with Crippen molar-refractivity contribution in [1.29, 1.82) is 0 Å². The van der Waals surface area contributed by atoms with Gasteiger partial charge in [0.25, 0.3) is 5.91 Å². The SMILES string of the molecule is CC(C)(C(=O)N1CCN(C(=O)c2ccncc2)CC1)c1ccccc1. The average Bonchev–Trinajstić information content (AvgIpc) is 2.68. The molecule has 1 aromatic carbocycles. The molecule has 0 saturated carbocycles. The van der Waals surface area contributed by atoms with Crippen molar-refractivity contribution in [3.63, 3.8) is 0 Å². The largest absolute Gasteiger partial charge is 0.338 e. The zero-order valence-electron chi connectivity index (χ0n) is 14.7. The van der Waals surface area contributed by atoms with E-state index in [2.05, 4.69) is 4.98 Å². The zero-order chi connectivity index (χ0) is 17.9. The lowest BCUT2D eigenvalue weighted by Gasteiger charge is -2.38. The molecule has 5 nitrogen and oxygen atoms in total. The Morgan fingerprint density at radius 1 is 0.880 bits per heavy atom. The van der Waals surface area contributed by atoms with Crippen molar-refractivity contribution in [2.75, 3.05) is 26.2 Å². The predicted octanol–water partition coefficient (Wildman–Crippen LogP) is 2.34. The molecule has 0 aliphatic carbocycles. The summed E-state index contributed by atoms with van der Waals surface area (Å²) in [5, 5.41) is 0. The molecule has 2 amide bonds. The van der Waals surface area contributed by atoms with E-state index in [1.54, 1.807) is 29.4 Å². The minimum absolute atomic E-state index is 0.00295. The highest BCUT2D eigenvalue weighted by atomic mass is 16.2. The lowest BCUT2D eigenvalue weighted by atomic mass is 9.83. The van der Waals surface area contributed by atoms with E-state index in [4.69, 9.17) is 0 Å². The number of hydrogen-bond donors (Lipinski definition) is 0. The van der Waals surface area contributed by atoms with Crippen LogP contribution in [0.3, 0.4) is 0 Å². The van der Waals surface area contributed by atoms with Gasteiger partial charge in [0.05, 0.1) is 5.41 Å². The maximum Gasteiger partial charge on any atom is 0.254 e. The molecule has 0 N–H and O–H groups in total. The summed E-state index contributed by atoms with van der Waals surface area (Å²) in [6.45, 7) is 6.14. The van der Waals surface area contributed by atoms with Gasteiger partial charge in [-0.1, -0.05) is 30.3 Å². The van der Waals surface area contributed by atoms with E-state index in [9.17, 15) is 9.59 Å². The summed E-state index contributed by atoms with van der Waals surface area (Å²) in [6, 6.07) is 13.3. The van der Waals surface area contributed by atoms with Crippen LogP contribution in [0.2, 0.25) is 0 Å². The predicted molar refractivity (Wildman–Crippen MR) is 96.2 cm³/mol. The van der Waals surface area contributed by atoms with Gasteiger partial charge < -0.3 is 9.80 Å². The minimum atomic E-state index is -0.571. The van der Waals surface area contributed by atoms with Crippen molar-refractivity contribution in [3.8, 4) is 0 Å². The van der Waals surface area contributed by atoms with Crippen molar-refractivity contribution in [2.45, 2.75) is 19.3 Å². The highest BCUT2D eigenvalue weighted by Gasteiger charge is 2.35. The van der Waals surface area contributed by atoms with E-state index in [0.29, 0.717) is 31.7 Å². The summed E-state index contributed by atoms with van der Waals surface area (Å²) in [4.78, 5) is 33.1. The Hall–Kier alpha value is -2.69. The number of hydrogen-bond acceptors (Lipinski definition) is 3. The van der Waals surface area contributed by atoms with E-state index in [1.807, 2.05) is 49.1 Å². The first-order chi connectivity index (χ1) is 12.0. The van der Waals surface area contributed by atoms with Crippen LogP contribution in [0, 0.1) is 0 Å². The number of nitrogens with zero attached hydrogens (tertiary/aromatic N) is 3. The summed E-state index contributed by atoms with van der Waals surface area (Å²) in [5.41, 5.74) is 1.08. The van der Waals surface area contributed by atoms with Gasteiger partial charge in [-0.2, -0.15) is 0 Å². The van der Waals surface area contributed by atoms with Crippen molar-refractivity contribution < 1.29 is 9.59 Å². The number of benzene rings is 1. The van der Waals surface area contributed by atoms with Gasteiger partial charge in [-0.15, -0.1) is 0 Å². The summed E-state index contributed by atoms with van der Waals surface area (Å²) in [6.07, 6.45) is 3.24. The first kappa shape index (κ1) is 17.1. The second-order valence-corrected chi connectivity index (χ2v) is 6.81. The molecule has 0 radical (unpaired) electrons. The standard InChI is InChI=1S/C20H23N3O2/c1-20(2,17-6-4-3-5-7-17)19(25)23-14-12-22(13-15-23)18(24)16-8-10-21-11-9-16/h3-11H,12-15H2,1-2H3. The number of rotatable bonds is 3. The van der Waals surface area contributed by atoms with Gasteiger partial charge in [0.15, 0.2) is 0 Å². The number of piperazine rings is 1. The highest BCUT2D eigenvalue weighted by Crippen LogP contribution is 2.26. The second-order valence-electron chi connectivity index (χ2n) is 6.81. The third kappa shape index (κ3) is 3.55. The van der Waals surface area contributed by atoms with Crippen molar-refractivity contribution in [2.24, 2.45) is 0 Å². The number of carbonyl (C=O) groups is 2. The smallest absolute Gasteiger partial charge is 0.254 e. The Bertz CT molecular complexity index is 736. The molecule has 0 bridgehead atoms. The van der Waals surface area contributed by atoms with Crippen LogP contribution in [0.15, 0.2) is 54.9 Å². The number of amides is 2. The first-order valence-electron chi connectivity index (χ1n) is 8.54. The molecule has 130 valence electrons. The number of pyridine rings is 1. The summed E-state index contributed by atoms with van der Waals surface area (Å²) >= 11 is 0. The van der Waals surface area contributed by atoms with Crippen LogP contribution in [-0.2, 0) is 10.2 Å². The average molecular weight is 337 g/mol. The van der Waals surface area contributed by atoms with Crippen LogP contribution in [0.25, 0.3) is 0 Å². The van der Waals surface area contributed by atoms with E-state index < -0.39 is 5.41 Å². The van der Waals surface area contributed by atoms with Crippen LogP contribution in [0.5, 0.6) is 0 Å². The molecule has 1 aromatic heterocycles. The van der Waals surface area contributed by atoms with Gasteiger partial charge in [-0.05, 0) is 31.5 Å². The highest BCUT2D eigenvalue weighted by molar-refractivity contribution is 5.94. The molecule has 3 rings (SSSR count). The van der Waals surface area contributed by atoms with Gasteiger partial charge >= 0.3 is 0 Å². The van der Waals surface area contributed by atoms with Crippen molar-refractivity contribution >= 4 is 11.8 Å². The van der Waals surface area contributed by atoms with Crippen molar-refractivity contribution in [3.05, 3.63) is 66.0 Å². The van der Waals surface area contributed by atoms with Crippen LogP contribution in [-0.4, -0.2) is 52.8 Å². The number of aromatic nitrogens is 1. The van der Waals surface area contributed by atoms with E-state index >= 15 is 0 Å². The lowest BCUT2D eigenvalue weighted by molar-refractivity contribution is -0.137. The molecule has 1 fully saturated rings. The Balaban J connectivity index is 1.64. The quantitative estimate of drug-likeness (QED) is 0.864. The Morgan fingerprint density at radius 2 is 1.44 bits per heavy atom. The van der Waals surface area contributed by atoms with E-state index in [-0.39, 0.29) is 11.8 Å². The van der Waals surface area contributed by atoms with E-state index in [1.165, 1.54) is 0 Å². The fourth-order valence-corrected chi connectivity index (χ4v) is 3.16. The molecule has 2 aromatic rings. The topological polar surface area (TPSA) is 53.5 Å². The summed E-state index contributed by atoms with van der Waals surface area (Å²) in [5.74, 6) is 0.103. The molecule has 0 spiro atoms. The minimum Gasteiger partial charge on any atom is -0.338 e. The Labute approximate surface area is 148 Å². The molecule has 1 aliphatic rings. The van der Waals surface area contributed by atoms with Gasteiger partial charge in [-0.3, -0.25) is 14.6 Å². The van der Waals surface area contributed by atoms with Gasteiger partial charge in [-0.25, -0.2) is 0 Å². The Kier molecular flexibility index (Phi) is 4.83. The molecule has 0 unspecified atom stereocenters. The fourth-order valence-electron chi connectivity index (χ4n) is 3.16. The number of carbonyl (C=O) groups excluding carboxylic acids is 2. The molecular weight excluding hydrogens is 314 g/mol. The third-order valence-corrected chi connectivity index (χ3v) is 4.81. The van der Waals surface area contributed by atoms with Crippen LogP contribution >= 0.6 is 0 Å². The second kappa shape index (κ2) is 7.05. The van der Waals surface area contributed by atoms with Crippen LogP contribution < -0.4 is 0 Å². The summed E-state index contributed by atoms with van der Waals surface area (Å²) < 4.78 is 0. The molecule has 2 heterocycles. The van der Waals surface area contributed by atoms with Crippen LogP contribution in [0.4, 0.5) is 0 Å². The molecular formula is C20H23N3O2.